The quantitative estimate of drug-likeness (QED) is 0.802. The van der Waals surface area contributed by atoms with Crippen molar-refractivity contribution in [3.05, 3.63) is 64.6 Å². The largest absolute Gasteiger partial charge is 0.419 e. The van der Waals surface area contributed by atoms with Gasteiger partial charge in [-0.1, -0.05) is 12.1 Å². The lowest BCUT2D eigenvalue weighted by molar-refractivity contribution is -0.116. The molecule has 0 bridgehead atoms. The minimum absolute atomic E-state index is 0.142. The van der Waals surface area contributed by atoms with Crippen LogP contribution in [0.1, 0.15) is 12.0 Å². The number of hydrogen-bond donors (Lipinski definition) is 1. The van der Waals surface area contributed by atoms with Crippen molar-refractivity contribution in [1.29, 1.82) is 5.26 Å². The summed E-state index contributed by atoms with van der Waals surface area (Å²) in [5.74, 6) is -0.690. The predicted octanol–water partition coefficient (Wildman–Crippen LogP) is 2.49. The summed E-state index contributed by atoms with van der Waals surface area (Å²) in [6.07, 6.45) is 0.142. The van der Waals surface area contributed by atoms with Gasteiger partial charge in [-0.2, -0.15) is 5.26 Å². The molecule has 0 saturated carbocycles. The predicted molar refractivity (Wildman–Crippen MR) is 84.9 cm³/mol. The number of hydrogen-bond acceptors (Lipinski definition) is 4. The van der Waals surface area contributed by atoms with Gasteiger partial charge in [-0.15, -0.1) is 0 Å². The Morgan fingerprint density at radius 1 is 1.17 bits per heavy atom. The summed E-state index contributed by atoms with van der Waals surface area (Å²) in [7, 11) is 0. The number of anilines is 1. The number of fused-ring (bicyclic) bond motifs is 1. The summed E-state index contributed by atoms with van der Waals surface area (Å²) >= 11 is 0. The molecule has 3 rings (SSSR count). The van der Waals surface area contributed by atoms with Gasteiger partial charge in [-0.3, -0.25) is 9.36 Å². The van der Waals surface area contributed by atoms with Gasteiger partial charge in [-0.05, 0) is 36.4 Å². The monoisotopic (exact) mass is 307 g/mol. The van der Waals surface area contributed by atoms with Gasteiger partial charge in [0.15, 0.2) is 5.58 Å². The summed E-state index contributed by atoms with van der Waals surface area (Å²) in [6.45, 7) is 0.234. The second-order valence-corrected chi connectivity index (χ2v) is 4.97. The molecular formula is C17H13N3O3. The Morgan fingerprint density at radius 2 is 1.91 bits per heavy atom. The zero-order valence-electron chi connectivity index (χ0n) is 12.2. The first-order valence-electron chi connectivity index (χ1n) is 7.06. The van der Waals surface area contributed by atoms with Crippen molar-refractivity contribution in [2.24, 2.45) is 0 Å². The topological polar surface area (TPSA) is 88.0 Å². The Kier molecular flexibility index (Phi) is 3.93. The van der Waals surface area contributed by atoms with Gasteiger partial charge in [0.05, 0.1) is 17.1 Å². The lowest BCUT2D eigenvalue weighted by atomic mass is 10.2. The SMILES string of the molecule is N#Cc1ccc(NC(=O)CCn2c(=O)oc3ccccc32)cc1. The molecule has 0 aliphatic carbocycles. The lowest BCUT2D eigenvalue weighted by Gasteiger charge is -2.05. The van der Waals surface area contributed by atoms with Crippen molar-refractivity contribution in [3.8, 4) is 6.07 Å². The third kappa shape index (κ3) is 3.14. The van der Waals surface area contributed by atoms with Crippen LogP contribution in [0.25, 0.3) is 11.1 Å². The number of aromatic nitrogens is 1. The van der Waals surface area contributed by atoms with Gasteiger partial charge in [0.25, 0.3) is 0 Å². The van der Waals surface area contributed by atoms with E-state index in [1.165, 1.54) is 4.57 Å². The number of benzene rings is 2. The number of nitriles is 1. The van der Waals surface area contributed by atoms with E-state index in [9.17, 15) is 9.59 Å². The summed E-state index contributed by atoms with van der Waals surface area (Å²) in [5.41, 5.74) is 2.31. The van der Waals surface area contributed by atoms with Crippen molar-refractivity contribution in [3.63, 3.8) is 0 Å². The number of amides is 1. The molecule has 6 nitrogen and oxygen atoms in total. The van der Waals surface area contributed by atoms with E-state index in [1.54, 1.807) is 42.5 Å². The second-order valence-electron chi connectivity index (χ2n) is 4.97. The normalized spacial score (nSPS) is 10.4. The number of carbonyl (C=O) groups is 1. The Labute approximate surface area is 131 Å². The number of rotatable bonds is 4. The fraction of sp³-hybridized carbons (Fsp3) is 0.118. The molecule has 1 heterocycles. The number of oxazole rings is 1. The first kappa shape index (κ1) is 14.6. The highest BCUT2D eigenvalue weighted by molar-refractivity contribution is 5.90. The molecule has 0 radical (unpaired) electrons. The van der Waals surface area contributed by atoms with Crippen LogP contribution in [0.15, 0.2) is 57.7 Å². The highest BCUT2D eigenvalue weighted by Gasteiger charge is 2.10. The van der Waals surface area contributed by atoms with E-state index in [2.05, 4.69) is 5.32 Å². The Hall–Kier alpha value is -3.33. The third-order valence-corrected chi connectivity index (χ3v) is 3.43. The molecular weight excluding hydrogens is 294 g/mol. The minimum Gasteiger partial charge on any atom is -0.408 e. The third-order valence-electron chi connectivity index (χ3n) is 3.43. The van der Waals surface area contributed by atoms with Crippen LogP contribution < -0.4 is 11.1 Å². The van der Waals surface area contributed by atoms with Gasteiger partial charge in [0.1, 0.15) is 0 Å². The smallest absolute Gasteiger partial charge is 0.408 e. The van der Waals surface area contributed by atoms with E-state index >= 15 is 0 Å². The van der Waals surface area contributed by atoms with Gasteiger partial charge >= 0.3 is 5.76 Å². The summed E-state index contributed by atoms with van der Waals surface area (Å²) in [6, 6.07) is 15.7. The molecule has 23 heavy (non-hydrogen) atoms. The molecule has 0 atom stereocenters. The molecule has 0 saturated heterocycles. The highest BCUT2D eigenvalue weighted by Crippen LogP contribution is 2.13. The minimum atomic E-state index is -0.475. The Balaban J connectivity index is 1.67. The van der Waals surface area contributed by atoms with Crippen LogP contribution in [0.2, 0.25) is 0 Å². The van der Waals surface area contributed by atoms with Crippen LogP contribution in [0.4, 0.5) is 5.69 Å². The summed E-state index contributed by atoms with van der Waals surface area (Å²) < 4.78 is 6.56. The molecule has 0 unspecified atom stereocenters. The molecule has 0 aliphatic heterocycles. The molecule has 1 amide bonds. The van der Waals surface area contributed by atoms with Crippen molar-refractivity contribution in [2.45, 2.75) is 13.0 Å². The molecule has 1 N–H and O–H groups in total. The average Bonchev–Trinajstić information content (AvgIpc) is 2.89. The maximum Gasteiger partial charge on any atom is 0.419 e. The van der Waals surface area contributed by atoms with Crippen molar-refractivity contribution in [1.82, 2.24) is 4.57 Å². The fourth-order valence-corrected chi connectivity index (χ4v) is 2.29. The maximum absolute atomic E-state index is 12.0. The summed E-state index contributed by atoms with van der Waals surface area (Å²) in [4.78, 5) is 23.8. The van der Waals surface area contributed by atoms with Crippen LogP contribution in [0.5, 0.6) is 0 Å². The zero-order chi connectivity index (χ0) is 16.2. The van der Waals surface area contributed by atoms with Crippen LogP contribution >= 0.6 is 0 Å². The lowest BCUT2D eigenvalue weighted by Crippen LogP contribution is -2.19. The fourth-order valence-electron chi connectivity index (χ4n) is 2.29. The average molecular weight is 307 g/mol. The van der Waals surface area contributed by atoms with Crippen LogP contribution in [-0.4, -0.2) is 10.5 Å². The van der Waals surface area contributed by atoms with Gasteiger partial charge < -0.3 is 9.73 Å². The number of aryl methyl sites for hydroxylation is 1. The second kappa shape index (κ2) is 6.20. The Bertz CT molecular complexity index is 946. The maximum atomic E-state index is 12.0. The van der Waals surface area contributed by atoms with Crippen LogP contribution in [-0.2, 0) is 11.3 Å². The standard InChI is InChI=1S/C17H13N3O3/c18-11-12-5-7-13(8-6-12)19-16(21)9-10-20-14-3-1-2-4-15(14)23-17(20)22/h1-8H,9-10H2,(H,19,21). The van der Waals surface area contributed by atoms with E-state index in [4.69, 9.17) is 9.68 Å². The van der Waals surface area contributed by atoms with E-state index < -0.39 is 5.76 Å². The van der Waals surface area contributed by atoms with Gasteiger partial charge in [0.2, 0.25) is 5.91 Å². The molecule has 0 aliphatic rings. The molecule has 114 valence electrons. The van der Waals surface area contributed by atoms with Crippen molar-refractivity contribution >= 4 is 22.7 Å². The van der Waals surface area contributed by atoms with Gasteiger partial charge in [0, 0.05) is 18.7 Å². The van der Waals surface area contributed by atoms with E-state index in [0.29, 0.717) is 22.4 Å². The zero-order valence-corrected chi connectivity index (χ0v) is 12.2. The molecule has 1 aromatic heterocycles. The van der Waals surface area contributed by atoms with Crippen LogP contribution in [0.3, 0.4) is 0 Å². The Morgan fingerprint density at radius 3 is 2.65 bits per heavy atom. The highest BCUT2D eigenvalue weighted by atomic mass is 16.4. The molecule has 2 aromatic carbocycles. The molecule has 0 fully saturated rings. The number of para-hydroxylation sites is 2. The van der Waals surface area contributed by atoms with E-state index in [0.717, 1.165) is 0 Å². The van der Waals surface area contributed by atoms with Crippen molar-refractivity contribution < 1.29 is 9.21 Å². The van der Waals surface area contributed by atoms with E-state index in [-0.39, 0.29) is 18.9 Å². The molecule has 3 aromatic rings. The molecule has 0 spiro atoms. The molecule has 6 heteroatoms. The number of nitrogens with zero attached hydrogens (tertiary/aromatic N) is 2. The van der Waals surface area contributed by atoms with E-state index in [1.807, 2.05) is 12.1 Å². The van der Waals surface area contributed by atoms with Crippen molar-refractivity contribution in [2.75, 3.05) is 5.32 Å². The van der Waals surface area contributed by atoms with Gasteiger partial charge in [-0.25, -0.2) is 4.79 Å². The number of carbonyl (C=O) groups excluding carboxylic acids is 1. The first-order chi connectivity index (χ1) is 11.2. The van der Waals surface area contributed by atoms with Crippen LogP contribution in [0, 0.1) is 11.3 Å². The number of nitrogens with one attached hydrogen (secondary N) is 1. The summed E-state index contributed by atoms with van der Waals surface area (Å²) in [5, 5.41) is 11.5. The first-order valence-corrected chi connectivity index (χ1v) is 7.06.